The summed E-state index contributed by atoms with van der Waals surface area (Å²) in [6, 6.07) is 3.06. The third kappa shape index (κ3) is 2.03. The van der Waals surface area contributed by atoms with Crippen LogP contribution in [-0.2, 0) is 0 Å². The number of aromatic nitrogens is 2. The van der Waals surface area contributed by atoms with Crippen molar-refractivity contribution in [1.29, 1.82) is 0 Å². The number of nitrogens with one attached hydrogen (secondary N) is 1. The molecule has 0 radical (unpaired) electrons. The summed E-state index contributed by atoms with van der Waals surface area (Å²) < 4.78 is 2.30. The maximum Gasteiger partial charge on any atom is 0.0954 e. The molecule has 0 aliphatic carbocycles. The van der Waals surface area contributed by atoms with Gasteiger partial charge in [0, 0.05) is 12.2 Å². The standard InChI is InChI=1S/C13H17N3S/c1-10(11-4-6-17-8-11)16-9-14-7-13(16)12-3-2-5-15-12/h4,6-10,12,15H,2-3,5H2,1H3/t10?,12-/m0/s1. The van der Waals surface area contributed by atoms with E-state index in [0.717, 1.165) is 6.54 Å². The smallest absolute Gasteiger partial charge is 0.0954 e. The van der Waals surface area contributed by atoms with Gasteiger partial charge in [0.05, 0.1) is 18.1 Å². The van der Waals surface area contributed by atoms with Crippen molar-refractivity contribution in [3.05, 3.63) is 40.6 Å². The molecule has 4 heteroatoms. The number of imidazole rings is 1. The second kappa shape index (κ2) is 4.63. The van der Waals surface area contributed by atoms with Crippen molar-refractivity contribution in [3.8, 4) is 0 Å². The van der Waals surface area contributed by atoms with E-state index in [4.69, 9.17) is 0 Å². The zero-order valence-corrected chi connectivity index (χ0v) is 10.8. The summed E-state index contributed by atoms with van der Waals surface area (Å²) in [6.45, 7) is 3.37. The highest BCUT2D eigenvalue weighted by molar-refractivity contribution is 7.07. The molecule has 2 aromatic heterocycles. The molecule has 17 heavy (non-hydrogen) atoms. The quantitative estimate of drug-likeness (QED) is 0.903. The fourth-order valence-electron chi connectivity index (χ4n) is 2.52. The normalized spacial score (nSPS) is 21.8. The van der Waals surface area contributed by atoms with Crippen molar-refractivity contribution in [3.63, 3.8) is 0 Å². The molecule has 0 amide bonds. The van der Waals surface area contributed by atoms with E-state index in [-0.39, 0.29) is 0 Å². The maximum absolute atomic E-state index is 4.32. The topological polar surface area (TPSA) is 29.9 Å². The number of nitrogens with zero attached hydrogens (tertiary/aromatic N) is 2. The summed E-state index contributed by atoms with van der Waals surface area (Å²) in [7, 11) is 0. The third-order valence-corrected chi connectivity index (χ3v) is 4.26. The Morgan fingerprint density at radius 2 is 2.53 bits per heavy atom. The summed E-state index contributed by atoms with van der Waals surface area (Å²) in [6.07, 6.45) is 6.45. The Balaban J connectivity index is 1.90. The van der Waals surface area contributed by atoms with Crippen LogP contribution in [0.25, 0.3) is 0 Å². The summed E-state index contributed by atoms with van der Waals surface area (Å²) in [5, 5.41) is 7.90. The average Bonchev–Trinajstić information content (AvgIpc) is 3.09. The molecule has 2 atom stereocenters. The molecule has 3 nitrogen and oxygen atoms in total. The van der Waals surface area contributed by atoms with Crippen molar-refractivity contribution in [2.45, 2.75) is 31.8 Å². The van der Waals surface area contributed by atoms with E-state index in [1.54, 1.807) is 11.3 Å². The van der Waals surface area contributed by atoms with Crippen LogP contribution >= 0.6 is 11.3 Å². The van der Waals surface area contributed by atoms with Gasteiger partial charge < -0.3 is 9.88 Å². The molecule has 1 aliphatic heterocycles. The molecule has 2 aromatic rings. The third-order valence-electron chi connectivity index (χ3n) is 3.56. The van der Waals surface area contributed by atoms with Gasteiger partial charge in [0.2, 0.25) is 0 Å². The molecule has 1 unspecified atom stereocenters. The van der Waals surface area contributed by atoms with Crippen LogP contribution in [0.4, 0.5) is 0 Å². The van der Waals surface area contributed by atoms with E-state index in [9.17, 15) is 0 Å². The average molecular weight is 247 g/mol. The highest BCUT2D eigenvalue weighted by Crippen LogP contribution is 2.28. The summed E-state index contributed by atoms with van der Waals surface area (Å²) in [4.78, 5) is 4.32. The Morgan fingerprint density at radius 1 is 1.59 bits per heavy atom. The second-order valence-electron chi connectivity index (χ2n) is 4.61. The number of thiophene rings is 1. The molecule has 0 spiro atoms. The van der Waals surface area contributed by atoms with Gasteiger partial charge in [0.25, 0.3) is 0 Å². The minimum absolute atomic E-state index is 0.376. The lowest BCUT2D eigenvalue weighted by Crippen LogP contribution is -2.18. The fourth-order valence-corrected chi connectivity index (χ4v) is 3.27. The van der Waals surface area contributed by atoms with Crippen molar-refractivity contribution in [2.24, 2.45) is 0 Å². The number of hydrogen-bond acceptors (Lipinski definition) is 3. The van der Waals surface area contributed by atoms with Crippen molar-refractivity contribution >= 4 is 11.3 Å². The van der Waals surface area contributed by atoms with E-state index in [0.29, 0.717) is 12.1 Å². The van der Waals surface area contributed by atoms with Crippen LogP contribution < -0.4 is 5.32 Å². The van der Waals surface area contributed by atoms with E-state index in [1.807, 2.05) is 12.5 Å². The minimum Gasteiger partial charge on any atom is -0.326 e. The molecule has 0 bridgehead atoms. The van der Waals surface area contributed by atoms with E-state index < -0.39 is 0 Å². The van der Waals surface area contributed by atoms with Crippen LogP contribution in [0.1, 0.15) is 43.1 Å². The van der Waals surface area contributed by atoms with Gasteiger partial charge >= 0.3 is 0 Å². The molecular formula is C13H17N3S. The maximum atomic E-state index is 4.32. The second-order valence-corrected chi connectivity index (χ2v) is 5.39. The highest BCUT2D eigenvalue weighted by atomic mass is 32.1. The zero-order valence-electron chi connectivity index (χ0n) is 9.97. The summed E-state index contributed by atoms with van der Waals surface area (Å²) in [5.41, 5.74) is 2.69. The first-order valence-electron chi connectivity index (χ1n) is 6.13. The predicted molar refractivity (Wildman–Crippen MR) is 70.3 cm³/mol. The molecule has 1 saturated heterocycles. The predicted octanol–water partition coefficient (Wildman–Crippen LogP) is 2.98. The molecule has 1 N–H and O–H groups in total. The van der Waals surface area contributed by atoms with Crippen LogP contribution in [0.15, 0.2) is 29.4 Å². The van der Waals surface area contributed by atoms with Crippen molar-refractivity contribution < 1.29 is 0 Å². The highest BCUT2D eigenvalue weighted by Gasteiger charge is 2.22. The summed E-state index contributed by atoms with van der Waals surface area (Å²) in [5.74, 6) is 0. The van der Waals surface area contributed by atoms with Gasteiger partial charge in [-0.1, -0.05) is 0 Å². The van der Waals surface area contributed by atoms with Gasteiger partial charge in [-0.3, -0.25) is 0 Å². The molecule has 1 fully saturated rings. The van der Waals surface area contributed by atoms with Gasteiger partial charge in [-0.05, 0) is 48.7 Å². The molecule has 3 heterocycles. The Morgan fingerprint density at radius 3 is 3.24 bits per heavy atom. The molecule has 1 aliphatic rings. The Hall–Kier alpha value is -1.13. The van der Waals surface area contributed by atoms with Crippen molar-refractivity contribution in [1.82, 2.24) is 14.9 Å². The molecular weight excluding hydrogens is 230 g/mol. The fraction of sp³-hybridized carbons (Fsp3) is 0.462. The van der Waals surface area contributed by atoms with Gasteiger partial charge in [-0.2, -0.15) is 11.3 Å². The van der Waals surface area contributed by atoms with Crippen LogP contribution in [-0.4, -0.2) is 16.1 Å². The lowest BCUT2D eigenvalue weighted by molar-refractivity contribution is 0.539. The first-order valence-corrected chi connectivity index (χ1v) is 7.08. The minimum atomic E-state index is 0.376. The van der Waals surface area contributed by atoms with E-state index >= 15 is 0 Å². The van der Waals surface area contributed by atoms with Gasteiger partial charge in [0.1, 0.15) is 0 Å². The first-order chi connectivity index (χ1) is 8.36. The SMILES string of the molecule is CC(c1ccsc1)n1cncc1[C@@H]1CCCN1. The van der Waals surface area contributed by atoms with Crippen molar-refractivity contribution in [2.75, 3.05) is 6.54 Å². The Kier molecular flexibility index (Phi) is 2.99. The van der Waals surface area contributed by atoms with Crippen LogP contribution in [0, 0.1) is 0 Å². The van der Waals surface area contributed by atoms with Gasteiger partial charge in [0.15, 0.2) is 0 Å². The van der Waals surface area contributed by atoms with Crippen LogP contribution in [0.5, 0.6) is 0 Å². The van der Waals surface area contributed by atoms with Crippen LogP contribution in [0.3, 0.4) is 0 Å². The number of rotatable bonds is 3. The van der Waals surface area contributed by atoms with Gasteiger partial charge in [-0.25, -0.2) is 4.98 Å². The largest absolute Gasteiger partial charge is 0.326 e. The molecule has 90 valence electrons. The molecule has 0 aromatic carbocycles. The Bertz CT molecular complexity index is 469. The lowest BCUT2D eigenvalue weighted by Gasteiger charge is -2.19. The lowest BCUT2D eigenvalue weighted by atomic mass is 10.1. The van der Waals surface area contributed by atoms with Crippen LogP contribution in [0.2, 0.25) is 0 Å². The molecule has 0 saturated carbocycles. The monoisotopic (exact) mass is 247 g/mol. The molecule has 3 rings (SSSR count). The van der Waals surface area contributed by atoms with E-state index in [1.165, 1.54) is 24.1 Å². The summed E-state index contributed by atoms with van der Waals surface area (Å²) >= 11 is 1.75. The van der Waals surface area contributed by atoms with E-state index in [2.05, 4.69) is 38.6 Å². The van der Waals surface area contributed by atoms with Gasteiger partial charge in [-0.15, -0.1) is 0 Å². The Labute approximate surface area is 106 Å². The number of hydrogen-bond donors (Lipinski definition) is 1. The zero-order chi connectivity index (χ0) is 11.7. The first kappa shape index (κ1) is 11.0.